The van der Waals surface area contributed by atoms with Gasteiger partial charge in [-0.15, -0.1) is 0 Å². The number of piperidine rings is 1. The second-order valence-corrected chi connectivity index (χ2v) is 6.07. The Hall–Kier alpha value is -1.35. The highest BCUT2D eigenvalue weighted by molar-refractivity contribution is 5.76. The molecule has 0 bridgehead atoms. The molecule has 1 aromatic carbocycles. The van der Waals surface area contributed by atoms with Gasteiger partial charge in [0.25, 0.3) is 0 Å². The monoisotopic (exact) mass is 288 g/mol. The lowest BCUT2D eigenvalue weighted by atomic mass is 10.0. The predicted octanol–water partition coefficient (Wildman–Crippen LogP) is 2.92. The van der Waals surface area contributed by atoms with Crippen LogP contribution in [-0.4, -0.2) is 36.5 Å². The second-order valence-electron chi connectivity index (χ2n) is 6.07. The number of hydrogen-bond donors (Lipinski definition) is 1. The Bertz CT molecular complexity index is 435. The molecule has 1 heterocycles. The van der Waals surface area contributed by atoms with Crippen LogP contribution in [0.4, 0.5) is 0 Å². The van der Waals surface area contributed by atoms with E-state index in [2.05, 4.69) is 48.3 Å². The van der Waals surface area contributed by atoms with Crippen LogP contribution in [0.2, 0.25) is 0 Å². The molecular weight excluding hydrogens is 260 g/mol. The highest BCUT2D eigenvalue weighted by Crippen LogP contribution is 2.14. The van der Waals surface area contributed by atoms with E-state index in [1.165, 1.54) is 17.5 Å². The molecule has 0 saturated carbocycles. The van der Waals surface area contributed by atoms with Crippen LogP contribution in [-0.2, 0) is 11.2 Å². The summed E-state index contributed by atoms with van der Waals surface area (Å²) in [5.74, 6) is 0.311. The summed E-state index contributed by atoms with van der Waals surface area (Å²) in [6, 6.07) is 8.90. The van der Waals surface area contributed by atoms with Gasteiger partial charge in [0.2, 0.25) is 5.91 Å². The van der Waals surface area contributed by atoms with Gasteiger partial charge in [0.1, 0.15) is 0 Å². The molecule has 3 nitrogen and oxygen atoms in total. The largest absolute Gasteiger partial charge is 0.338 e. The first kappa shape index (κ1) is 16.0. The predicted molar refractivity (Wildman–Crippen MR) is 87.4 cm³/mol. The fourth-order valence-corrected chi connectivity index (χ4v) is 3.00. The standard InChI is InChI=1S/C18H28N2O/c1-3-13-20(17-5-4-12-19-14-17)18(21)11-10-16-8-6-15(2)7-9-16/h6-9,17,19H,3-5,10-14H2,1-2H3. The van der Waals surface area contributed by atoms with Crippen LogP contribution in [0.15, 0.2) is 24.3 Å². The molecule has 0 spiro atoms. The maximum Gasteiger partial charge on any atom is 0.223 e. The summed E-state index contributed by atoms with van der Waals surface area (Å²) < 4.78 is 0. The molecule has 2 rings (SSSR count). The molecular formula is C18H28N2O. The van der Waals surface area contributed by atoms with Crippen molar-refractivity contribution in [2.24, 2.45) is 0 Å². The first-order valence-electron chi connectivity index (χ1n) is 8.26. The molecule has 0 aromatic heterocycles. The number of carbonyl (C=O) groups excluding carboxylic acids is 1. The minimum absolute atomic E-state index is 0.311. The maximum atomic E-state index is 12.6. The van der Waals surface area contributed by atoms with Crippen LogP contribution < -0.4 is 5.32 Å². The second kappa shape index (κ2) is 8.18. The number of nitrogens with one attached hydrogen (secondary N) is 1. The Morgan fingerprint density at radius 2 is 2.10 bits per heavy atom. The number of aryl methyl sites for hydroxylation is 2. The molecule has 1 unspecified atom stereocenters. The van der Waals surface area contributed by atoms with Crippen LogP contribution in [0, 0.1) is 6.92 Å². The van der Waals surface area contributed by atoms with Crippen molar-refractivity contribution in [1.82, 2.24) is 10.2 Å². The average molecular weight is 288 g/mol. The van der Waals surface area contributed by atoms with Crippen molar-refractivity contribution in [3.8, 4) is 0 Å². The van der Waals surface area contributed by atoms with Crippen LogP contribution in [0.1, 0.15) is 43.7 Å². The van der Waals surface area contributed by atoms with E-state index in [1.807, 2.05) is 0 Å². The summed E-state index contributed by atoms with van der Waals surface area (Å²) in [6.07, 6.45) is 4.82. The molecule has 1 fully saturated rings. The fourth-order valence-electron chi connectivity index (χ4n) is 3.00. The summed E-state index contributed by atoms with van der Waals surface area (Å²) in [6.45, 7) is 7.17. The Morgan fingerprint density at radius 1 is 1.33 bits per heavy atom. The van der Waals surface area contributed by atoms with Crippen molar-refractivity contribution in [2.75, 3.05) is 19.6 Å². The van der Waals surface area contributed by atoms with Gasteiger partial charge in [0.15, 0.2) is 0 Å². The number of nitrogens with zero attached hydrogens (tertiary/aromatic N) is 1. The van der Waals surface area contributed by atoms with Gasteiger partial charge in [-0.05, 0) is 44.7 Å². The highest BCUT2D eigenvalue weighted by atomic mass is 16.2. The lowest BCUT2D eigenvalue weighted by molar-refractivity contribution is -0.133. The molecule has 1 aromatic rings. The highest BCUT2D eigenvalue weighted by Gasteiger charge is 2.24. The van der Waals surface area contributed by atoms with Gasteiger partial charge in [0.05, 0.1) is 0 Å². The molecule has 1 atom stereocenters. The van der Waals surface area contributed by atoms with Gasteiger partial charge in [-0.1, -0.05) is 36.8 Å². The van der Waals surface area contributed by atoms with Crippen molar-refractivity contribution < 1.29 is 4.79 Å². The summed E-state index contributed by atoms with van der Waals surface area (Å²) >= 11 is 0. The Kier molecular flexibility index (Phi) is 6.24. The topological polar surface area (TPSA) is 32.3 Å². The van der Waals surface area contributed by atoms with E-state index in [1.54, 1.807) is 0 Å². The van der Waals surface area contributed by atoms with E-state index < -0.39 is 0 Å². The zero-order chi connectivity index (χ0) is 15.1. The molecule has 1 saturated heterocycles. The molecule has 1 N–H and O–H groups in total. The van der Waals surface area contributed by atoms with Crippen molar-refractivity contribution >= 4 is 5.91 Å². The first-order chi connectivity index (χ1) is 10.2. The number of hydrogen-bond acceptors (Lipinski definition) is 2. The van der Waals surface area contributed by atoms with Crippen LogP contribution >= 0.6 is 0 Å². The van der Waals surface area contributed by atoms with Crippen molar-refractivity contribution in [3.05, 3.63) is 35.4 Å². The number of carbonyl (C=O) groups is 1. The fraction of sp³-hybridized carbons (Fsp3) is 0.611. The van der Waals surface area contributed by atoms with E-state index in [4.69, 9.17) is 0 Å². The maximum absolute atomic E-state index is 12.6. The minimum Gasteiger partial charge on any atom is -0.338 e. The van der Waals surface area contributed by atoms with Gasteiger partial charge < -0.3 is 10.2 Å². The van der Waals surface area contributed by atoms with E-state index >= 15 is 0 Å². The third-order valence-corrected chi connectivity index (χ3v) is 4.24. The number of benzene rings is 1. The average Bonchev–Trinajstić information content (AvgIpc) is 2.52. The molecule has 3 heteroatoms. The molecule has 1 amide bonds. The number of amides is 1. The third-order valence-electron chi connectivity index (χ3n) is 4.24. The molecule has 1 aliphatic rings. The van der Waals surface area contributed by atoms with Crippen LogP contribution in [0.25, 0.3) is 0 Å². The lowest BCUT2D eigenvalue weighted by Crippen LogP contribution is -2.49. The summed E-state index contributed by atoms with van der Waals surface area (Å²) in [7, 11) is 0. The van der Waals surface area contributed by atoms with E-state index in [0.29, 0.717) is 18.4 Å². The quantitative estimate of drug-likeness (QED) is 0.873. The number of rotatable bonds is 6. The third kappa shape index (κ3) is 4.85. The summed E-state index contributed by atoms with van der Waals surface area (Å²) in [5, 5.41) is 3.41. The zero-order valence-electron chi connectivity index (χ0n) is 13.4. The van der Waals surface area contributed by atoms with Gasteiger partial charge in [-0.2, -0.15) is 0 Å². The van der Waals surface area contributed by atoms with Gasteiger partial charge in [-0.3, -0.25) is 4.79 Å². The lowest BCUT2D eigenvalue weighted by Gasteiger charge is -2.34. The van der Waals surface area contributed by atoms with Crippen LogP contribution in [0.5, 0.6) is 0 Å². The molecule has 1 aliphatic heterocycles. The molecule has 0 radical (unpaired) electrons. The van der Waals surface area contributed by atoms with E-state index in [9.17, 15) is 4.79 Å². The molecule has 116 valence electrons. The Morgan fingerprint density at radius 3 is 2.71 bits per heavy atom. The smallest absolute Gasteiger partial charge is 0.223 e. The SMILES string of the molecule is CCCN(C(=O)CCc1ccc(C)cc1)C1CCCNC1. The van der Waals surface area contributed by atoms with Crippen molar-refractivity contribution in [1.29, 1.82) is 0 Å². The Balaban J connectivity index is 1.89. The van der Waals surface area contributed by atoms with Gasteiger partial charge >= 0.3 is 0 Å². The first-order valence-corrected chi connectivity index (χ1v) is 8.26. The minimum atomic E-state index is 0.311. The normalized spacial score (nSPS) is 18.5. The summed E-state index contributed by atoms with van der Waals surface area (Å²) in [4.78, 5) is 14.7. The van der Waals surface area contributed by atoms with E-state index in [-0.39, 0.29) is 0 Å². The van der Waals surface area contributed by atoms with Crippen molar-refractivity contribution in [2.45, 2.75) is 52.0 Å². The molecule has 21 heavy (non-hydrogen) atoms. The molecule has 0 aliphatic carbocycles. The van der Waals surface area contributed by atoms with Gasteiger partial charge in [0, 0.05) is 25.6 Å². The van der Waals surface area contributed by atoms with E-state index in [0.717, 1.165) is 38.9 Å². The van der Waals surface area contributed by atoms with Gasteiger partial charge in [-0.25, -0.2) is 0 Å². The Labute approximate surface area is 128 Å². The zero-order valence-corrected chi connectivity index (χ0v) is 13.4. The summed E-state index contributed by atoms with van der Waals surface area (Å²) in [5.41, 5.74) is 2.53. The van der Waals surface area contributed by atoms with Crippen LogP contribution in [0.3, 0.4) is 0 Å². The van der Waals surface area contributed by atoms with Crippen molar-refractivity contribution in [3.63, 3.8) is 0 Å².